The summed E-state index contributed by atoms with van der Waals surface area (Å²) in [6.07, 6.45) is 9.20. The van der Waals surface area contributed by atoms with Crippen molar-refractivity contribution < 1.29 is 19.0 Å². The Labute approximate surface area is 228 Å². The molecule has 6 rings (SSSR count). The number of benzene rings is 1. The lowest BCUT2D eigenvalue weighted by Crippen LogP contribution is -2.51. The van der Waals surface area contributed by atoms with Gasteiger partial charge in [0.2, 0.25) is 6.79 Å². The fraction of sp³-hybridized carbons (Fsp3) is 0.533. The number of aromatic hydroxyl groups is 1. The number of phenols is 1. The van der Waals surface area contributed by atoms with Crippen LogP contribution in [0.1, 0.15) is 65.7 Å². The van der Waals surface area contributed by atoms with Crippen LogP contribution in [0.15, 0.2) is 36.7 Å². The molecule has 4 atom stereocenters. The number of ether oxygens (including phenoxy) is 2. The van der Waals surface area contributed by atoms with Crippen molar-refractivity contribution in [3.8, 4) is 39.9 Å². The quantitative estimate of drug-likeness (QED) is 0.393. The van der Waals surface area contributed by atoms with Crippen LogP contribution in [0.4, 0.5) is 10.2 Å². The van der Waals surface area contributed by atoms with E-state index in [0.29, 0.717) is 34.8 Å². The topological polar surface area (TPSA) is 93.5 Å². The van der Waals surface area contributed by atoms with Gasteiger partial charge in [0, 0.05) is 23.2 Å². The van der Waals surface area contributed by atoms with Gasteiger partial charge in [-0.3, -0.25) is 0 Å². The van der Waals surface area contributed by atoms with Crippen molar-refractivity contribution in [3.05, 3.63) is 36.7 Å². The van der Waals surface area contributed by atoms with Crippen LogP contribution in [0.25, 0.3) is 22.5 Å². The Balaban J connectivity index is 1.27. The van der Waals surface area contributed by atoms with Crippen LogP contribution >= 0.6 is 0 Å². The van der Waals surface area contributed by atoms with E-state index in [2.05, 4.69) is 45.8 Å². The van der Waals surface area contributed by atoms with E-state index in [1.807, 2.05) is 12.1 Å². The summed E-state index contributed by atoms with van der Waals surface area (Å²) in [6.45, 7) is 6.59. The van der Waals surface area contributed by atoms with Gasteiger partial charge in [0.1, 0.15) is 11.9 Å². The number of phenolic OH excluding ortho intramolecular Hbond substituents is 1. The predicted molar refractivity (Wildman–Crippen MR) is 146 cm³/mol. The highest BCUT2D eigenvalue weighted by Gasteiger charge is 2.46. The molecule has 8 nitrogen and oxygen atoms in total. The predicted octanol–water partition coefficient (Wildman–Crippen LogP) is 6.34. The molecule has 3 heterocycles. The van der Waals surface area contributed by atoms with Crippen molar-refractivity contribution in [2.45, 2.75) is 84.0 Å². The molecule has 1 aromatic carbocycles. The van der Waals surface area contributed by atoms with Gasteiger partial charge in [0.05, 0.1) is 17.8 Å². The van der Waals surface area contributed by atoms with Gasteiger partial charge in [0.25, 0.3) is 5.88 Å². The molecule has 2 aliphatic carbocycles. The molecule has 39 heavy (non-hydrogen) atoms. The molecule has 2 aromatic heterocycles. The monoisotopic (exact) mass is 533 g/mol. The van der Waals surface area contributed by atoms with Gasteiger partial charge < -0.3 is 19.5 Å². The van der Waals surface area contributed by atoms with Crippen LogP contribution in [0.2, 0.25) is 0 Å². The first kappa shape index (κ1) is 25.8. The Bertz CT molecular complexity index is 1330. The molecule has 2 fully saturated rings. The molecule has 3 aromatic rings. The van der Waals surface area contributed by atoms with E-state index in [-0.39, 0.29) is 30.0 Å². The van der Waals surface area contributed by atoms with Gasteiger partial charge in [-0.05, 0) is 61.8 Å². The fourth-order valence-electron chi connectivity index (χ4n) is 6.07. The summed E-state index contributed by atoms with van der Waals surface area (Å²) in [7, 11) is 0. The van der Waals surface area contributed by atoms with Crippen LogP contribution in [-0.2, 0) is 0 Å². The Morgan fingerprint density at radius 3 is 2.64 bits per heavy atom. The molecule has 1 aliphatic heterocycles. The normalized spacial score (nSPS) is 26.6. The number of rotatable bonds is 6. The average Bonchev–Trinajstić information content (AvgIpc) is 3.67. The van der Waals surface area contributed by atoms with Crippen molar-refractivity contribution in [1.82, 2.24) is 20.2 Å². The zero-order chi connectivity index (χ0) is 27.1. The van der Waals surface area contributed by atoms with Crippen molar-refractivity contribution in [3.63, 3.8) is 0 Å². The molecule has 206 valence electrons. The molecule has 0 radical (unpaired) electrons. The van der Waals surface area contributed by atoms with Crippen molar-refractivity contribution >= 4 is 5.82 Å². The average molecular weight is 534 g/mol. The number of hydrogen-bond acceptors (Lipinski definition) is 8. The van der Waals surface area contributed by atoms with E-state index < -0.39 is 6.17 Å². The molecule has 2 saturated carbocycles. The maximum atomic E-state index is 16.3. The summed E-state index contributed by atoms with van der Waals surface area (Å²) >= 11 is 0. The highest BCUT2D eigenvalue weighted by Crippen LogP contribution is 2.45. The molecule has 1 N–H and O–H groups in total. The van der Waals surface area contributed by atoms with Crippen LogP contribution in [0, 0.1) is 11.3 Å². The summed E-state index contributed by atoms with van der Waals surface area (Å²) in [5.41, 5.74) is 1.70. The third-order valence-electron chi connectivity index (χ3n) is 8.81. The second-order valence-electron chi connectivity index (χ2n) is 11.7. The number of halogens is 1. The van der Waals surface area contributed by atoms with E-state index in [9.17, 15) is 5.11 Å². The standard InChI is InChI=1S/C30H36FN5O3/c1-4-30(3)11-5-6-18(2)12-23(27(30)31)36(21-8-9-21)26-16-32-28(35-34-26)22-10-7-19(13-24(22)37)20-14-25-29(33-15-20)39-17-38-25/h7,10,13-16,18,21,23,27,37H,4-6,8-9,11-12,17H2,1-3H3/t18?,23-,27-,30+/m0/s1. The minimum absolute atomic E-state index is 0.0372. The van der Waals surface area contributed by atoms with E-state index in [1.165, 1.54) is 0 Å². The summed E-state index contributed by atoms with van der Waals surface area (Å²) in [5.74, 6) is 2.47. The third kappa shape index (κ3) is 4.99. The van der Waals surface area contributed by atoms with Gasteiger partial charge in [-0.1, -0.05) is 39.7 Å². The highest BCUT2D eigenvalue weighted by atomic mass is 19.1. The lowest BCUT2D eigenvalue weighted by atomic mass is 9.71. The summed E-state index contributed by atoms with van der Waals surface area (Å²) in [6, 6.07) is 7.15. The fourth-order valence-corrected chi connectivity index (χ4v) is 6.07. The number of anilines is 1. The van der Waals surface area contributed by atoms with Gasteiger partial charge in [0.15, 0.2) is 17.4 Å². The van der Waals surface area contributed by atoms with E-state index in [0.717, 1.165) is 56.1 Å². The third-order valence-corrected chi connectivity index (χ3v) is 8.81. The molecule has 1 unspecified atom stereocenters. The number of aromatic nitrogens is 4. The lowest BCUT2D eigenvalue weighted by molar-refractivity contribution is 0.0577. The molecule has 9 heteroatoms. The number of pyridine rings is 1. The maximum absolute atomic E-state index is 16.3. The Morgan fingerprint density at radius 2 is 1.92 bits per heavy atom. The number of fused-ring (bicyclic) bond motifs is 1. The largest absolute Gasteiger partial charge is 0.507 e. The Hall–Kier alpha value is -3.49. The first-order chi connectivity index (χ1) is 18.9. The first-order valence-corrected chi connectivity index (χ1v) is 14.1. The molecule has 0 spiro atoms. The van der Waals surface area contributed by atoms with Crippen molar-refractivity contribution in [2.75, 3.05) is 11.7 Å². The van der Waals surface area contributed by atoms with Crippen LogP contribution in [0.3, 0.4) is 0 Å². The van der Waals surface area contributed by atoms with Gasteiger partial charge >= 0.3 is 0 Å². The number of nitrogens with zero attached hydrogens (tertiary/aromatic N) is 5. The first-order valence-electron chi connectivity index (χ1n) is 14.1. The van der Waals surface area contributed by atoms with Crippen LogP contribution in [-0.4, -0.2) is 50.3 Å². The van der Waals surface area contributed by atoms with E-state index >= 15 is 4.39 Å². The Morgan fingerprint density at radius 1 is 1.08 bits per heavy atom. The number of hydrogen-bond donors (Lipinski definition) is 1. The summed E-state index contributed by atoms with van der Waals surface area (Å²) in [5, 5.41) is 19.8. The zero-order valence-electron chi connectivity index (χ0n) is 22.8. The van der Waals surface area contributed by atoms with Gasteiger partial charge in [-0.15, -0.1) is 10.2 Å². The molecule has 0 amide bonds. The van der Waals surface area contributed by atoms with Crippen molar-refractivity contribution in [2.24, 2.45) is 11.3 Å². The molecular formula is C30H36FN5O3. The van der Waals surface area contributed by atoms with Crippen molar-refractivity contribution in [1.29, 1.82) is 0 Å². The summed E-state index contributed by atoms with van der Waals surface area (Å²) < 4.78 is 27.0. The molecule has 0 saturated heterocycles. The zero-order valence-corrected chi connectivity index (χ0v) is 22.8. The molecular weight excluding hydrogens is 497 g/mol. The maximum Gasteiger partial charge on any atom is 0.260 e. The van der Waals surface area contributed by atoms with Gasteiger partial charge in [-0.2, -0.15) is 0 Å². The molecule has 0 bridgehead atoms. The van der Waals surface area contributed by atoms with E-state index in [4.69, 9.17) is 9.47 Å². The van der Waals surface area contributed by atoms with Crippen LogP contribution < -0.4 is 14.4 Å². The minimum Gasteiger partial charge on any atom is -0.507 e. The SMILES string of the molecule is CC[C@]1(C)CCCC(C)C[C@H](N(c2cnc(-c3ccc(-c4cnc5c(c4)OCO5)cc3O)nn2)C2CC2)[C@@H]1F. The smallest absolute Gasteiger partial charge is 0.260 e. The second-order valence-corrected chi connectivity index (χ2v) is 11.7. The lowest BCUT2D eigenvalue weighted by Gasteiger charge is -2.45. The molecule has 3 aliphatic rings. The highest BCUT2D eigenvalue weighted by molar-refractivity contribution is 5.73. The van der Waals surface area contributed by atoms with E-state index in [1.54, 1.807) is 24.5 Å². The Kier molecular flexibility index (Phi) is 6.77. The number of alkyl halides is 1. The summed E-state index contributed by atoms with van der Waals surface area (Å²) in [4.78, 5) is 11.0. The minimum atomic E-state index is -0.949. The van der Waals surface area contributed by atoms with Crippen LogP contribution in [0.5, 0.6) is 17.4 Å². The van der Waals surface area contributed by atoms with Gasteiger partial charge in [-0.25, -0.2) is 14.4 Å². The second kappa shape index (κ2) is 10.2.